The Bertz CT molecular complexity index is 1150. The molecule has 2 heterocycles. The van der Waals surface area contributed by atoms with Crippen LogP contribution in [0, 0.1) is 0 Å². The van der Waals surface area contributed by atoms with E-state index in [4.69, 9.17) is 0 Å². The summed E-state index contributed by atoms with van der Waals surface area (Å²) in [6, 6.07) is 29.4. The highest BCUT2D eigenvalue weighted by Gasteiger charge is 2.27. The summed E-state index contributed by atoms with van der Waals surface area (Å²) in [6.07, 6.45) is 2.71. The average molecular weight is 428 g/mol. The summed E-state index contributed by atoms with van der Waals surface area (Å²) in [7, 11) is 0. The summed E-state index contributed by atoms with van der Waals surface area (Å²) >= 11 is -1.25. The zero-order chi connectivity index (χ0) is 21.0. The Hall–Kier alpha value is -2.70. The van der Waals surface area contributed by atoms with Crippen molar-refractivity contribution in [1.29, 1.82) is 0 Å². The third kappa shape index (κ3) is 4.81. The molecule has 1 fully saturated rings. The van der Waals surface area contributed by atoms with Gasteiger partial charge in [-0.1, -0.05) is 72.8 Å². The number of nitrogens with one attached hydrogen (secondary N) is 1. The van der Waals surface area contributed by atoms with Crippen LogP contribution < -0.4 is 4.72 Å². The second-order valence-electron chi connectivity index (χ2n) is 8.03. The normalized spacial score (nSPS) is 17.8. The molecule has 0 spiro atoms. The summed E-state index contributed by atoms with van der Waals surface area (Å²) < 4.78 is 16.1. The van der Waals surface area contributed by atoms with Crippen molar-refractivity contribution in [1.82, 2.24) is 14.6 Å². The summed E-state index contributed by atoms with van der Waals surface area (Å²) in [5.41, 5.74) is 4.71. The van der Waals surface area contributed by atoms with Gasteiger partial charge < -0.3 is 4.55 Å². The fourth-order valence-corrected chi connectivity index (χ4v) is 5.15. The van der Waals surface area contributed by atoms with Crippen LogP contribution in [0.1, 0.15) is 12.0 Å². The molecule has 1 aromatic heterocycles. The summed E-state index contributed by atoms with van der Waals surface area (Å²) in [5, 5.41) is 1.02. The molecule has 0 bridgehead atoms. The molecular weight excluding hydrogens is 402 g/mol. The molecule has 156 valence electrons. The minimum Gasteiger partial charge on any atom is -0.593 e. The van der Waals surface area contributed by atoms with Crippen LogP contribution in [0.5, 0.6) is 0 Å². The lowest BCUT2D eigenvalue weighted by atomic mass is 10.0. The van der Waals surface area contributed by atoms with Gasteiger partial charge in [0.15, 0.2) is 4.90 Å². The predicted molar refractivity (Wildman–Crippen MR) is 127 cm³/mol. The smallest absolute Gasteiger partial charge is 0.192 e. The summed E-state index contributed by atoms with van der Waals surface area (Å²) in [5.74, 6) is 0. The molecule has 0 unspecified atom stereocenters. The minimum atomic E-state index is -1.25. The van der Waals surface area contributed by atoms with Crippen molar-refractivity contribution in [2.45, 2.75) is 23.9 Å². The number of para-hydroxylation sites is 1. The average Bonchev–Trinajstić information content (AvgIpc) is 3.26. The fourth-order valence-electron chi connectivity index (χ4n) is 4.14. The first-order valence-corrected chi connectivity index (χ1v) is 11.8. The summed E-state index contributed by atoms with van der Waals surface area (Å²) in [6.45, 7) is 2.82. The van der Waals surface area contributed by atoms with Gasteiger partial charge in [-0.3, -0.25) is 9.88 Å². The van der Waals surface area contributed by atoms with E-state index >= 15 is 0 Å². The molecule has 0 aliphatic carbocycles. The van der Waals surface area contributed by atoms with Crippen LogP contribution in [0.25, 0.3) is 22.0 Å². The molecule has 1 aliphatic heterocycles. The van der Waals surface area contributed by atoms with Gasteiger partial charge in [-0.25, -0.2) is 0 Å². The molecule has 0 saturated carbocycles. The molecule has 31 heavy (non-hydrogen) atoms. The zero-order valence-electron chi connectivity index (χ0n) is 17.3. The van der Waals surface area contributed by atoms with E-state index in [1.165, 1.54) is 16.7 Å². The number of fused-ring (bicyclic) bond motifs is 1. The number of rotatable bonds is 6. The molecule has 2 atom stereocenters. The third-order valence-electron chi connectivity index (χ3n) is 5.79. The van der Waals surface area contributed by atoms with Gasteiger partial charge in [0.25, 0.3) is 0 Å². The lowest BCUT2D eigenvalue weighted by Crippen LogP contribution is -2.37. The highest BCUT2D eigenvalue weighted by Crippen LogP contribution is 2.22. The van der Waals surface area contributed by atoms with Crippen molar-refractivity contribution in [2.75, 3.05) is 13.1 Å². The van der Waals surface area contributed by atoms with E-state index in [-0.39, 0.29) is 6.04 Å². The highest BCUT2D eigenvalue weighted by molar-refractivity contribution is 7.89. The van der Waals surface area contributed by atoms with Gasteiger partial charge in [-0.05, 0) is 29.2 Å². The lowest BCUT2D eigenvalue weighted by molar-refractivity contribution is 0.324. The number of likely N-dealkylation sites (tertiary alicyclic amines) is 1. The Morgan fingerprint density at radius 1 is 0.935 bits per heavy atom. The molecule has 4 nitrogen and oxygen atoms in total. The number of hydrogen-bond acceptors (Lipinski definition) is 4. The van der Waals surface area contributed by atoms with Gasteiger partial charge in [-0.15, -0.1) is 4.72 Å². The van der Waals surface area contributed by atoms with E-state index < -0.39 is 11.4 Å². The van der Waals surface area contributed by atoms with Gasteiger partial charge in [-0.2, -0.15) is 0 Å². The number of nitrogens with zero attached hydrogens (tertiary/aromatic N) is 2. The quantitative estimate of drug-likeness (QED) is 0.450. The summed E-state index contributed by atoms with van der Waals surface area (Å²) in [4.78, 5) is 7.58. The minimum absolute atomic E-state index is 0.218. The molecule has 0 amide bonds. The Kier molecular flexibility index (Phi) is 6.00. The van der Waals surface area contributed by atoms with E-state index in [1.807, 2.05) is 36.4 Å². The van der Waals surface area contributed by atoms with Crippen LogP contribution >= 0.6 is 0 Å². The highest BCUT2D eigenvalue weighted by atomic mass is 32.2. The van der Waals surface area contributed by atoms with Gasteiger partial charge in [0.05, 0.1) is 29.1 Å². The topological polar surface area (TPSA) is 51.2 Å². The second-order valence-corrected chi connectivity index (χ2v) is 9.28. The largest absolute Gasteiger partial charge is 0.593 e. The van der Waals surface area contributed by atoms with E-state index in [0.29, 0.717) is 0 Å². The lowest BCUT2D eigenvalue weighted by Gasteiger charge is -2.18. The SMILES string of the molecule is [O-][S@+](N[C@@H]1CCN(Cc2ccc(-c3ccccc3)cc2)C1)c1cnc2ccccc2c1. The maximum Gasteiger partial charge on any atom is 0.192 e. The molecule has 0 radical (unpaired) electrons. The Labute approximate surface area is 186 Å². The molecule has 1 saturated heterocycles. The van der Waals surface area contributed by atoms with Crippen LogP contribution in [0.15, 0.2) is 96.0 Å². The molecule has 3 aromatic carbocycles. The Balaban J connectivity index is 1.17. The monoisotopic (exact) mass is 427 g/mol. The van der Waals surface area contributed by atoms with Crippen molar-refractivity contribution in [3.63, 3.8) is 0 Å². The van der Waals surface area contributed by atoms with Crippen molar-refractivity contribution < 1.29 is 4.55 Å². The van der Waals surface area contributed by atoms with E-state index in [2.05, 4.69) is 63.1 Å². The van der Waals surface area contributed by atoms with E-state index in [0.717, 1.165) is 41.9 Å². The Morgan fingerprint density at radius 3 is 2.52 bits per heavy atom. The van der Waals surface area contributed by atoms with Crippen LogP contribution in [0.2, 0.25) is 0 Å². The standard InChI is InChI=1S/C26H25N3OS/c30-31(25-16-23-8-4-5-9-26(23)27-17-25)28-24-14-15-29(19-24)18-20-10-12-22(13-11-20)21-6-2-1-3-7-21/h1-13,16-17,24,28H,14-15,18-19H2/t24-,31+/m1/s1. The first-order chi connectivity index (χ1) is 15.2. The molecule has 1 N–H and O–H groups in total. The van der Waals surface area contributed by atoms with Crippen molar-refractivity contribution >= 4 is 22.3 Å². The van der Waals surface area contributed by atoms with E-state index in [1.54, 1.807) is 6.20 Å². The Morgan fingerprint density at radius 2 is 1.68 bits per heavy atom. The number of benzene rings is 3. The first kappa shape index (κ1) is 20.2. The van der Waals surface area contributed by atoms with E-state index in [9.17, 15) is 4.55 Å². The van der Waals surface area contributed by atoms with Crippen LogP contribution in [0.3, 0.4) is 0 Å². The van der Waals surface area contributed by atoms with Gasteiger partial charge >= 0.3 is 0 Å². The number of hydrogen-bond donors (Lipinski definition) is 1. The van der Waals surface area contributed by atoms with Gasteiger partial charge in [0.1, 0.15) is 0 Å². The van der Waals surface area contributed by atoms with Crippen LogP contribution in [-0.2, 0) is 17.9 Å². The number of pyridine rings is 1. The predicted octanol–water partition coefficient (Wildman–Crippen LogP) is 4.79. The van der Waals surface area contributed by atoms with Crippen molar-refractivity contribution in [3.8, 4) is 11.1 Å². The van der Waals surface area contributed by atoms with Crippen molar-refractivity contribution in [2.24, 2.45) is 0 Å². The number of aromatic nitrogens is 1. The maximum absolute atomic E-state index is 12.8. The maximum atomic E-state index is 12.8. The van der Waals surface area contributed by atoms with Crippen LogP contribution in [-0.4, -0.2) is 33.6 Å². The second kappa shape index (κ2) is 9.20. The van der Waals surface area contributed by atoms with Crippen LogP contribution in [0.4, 0.5) is 0 Å². The molecule has 5 heteroatoms. The molecular formula is C26H25N3OS. The third-order valence-corrected chi connectivity index (χ3v) is 6.99. The van der Waals surface area contributed by atoms with Gasteiger partial charge in [0.2, 0.25) is 0 Å². The molecule has 4 aromatic rings. The first-order valence-electron chi connectivity index (χ1n) is 10.6. The zero-order valence-corrected chi connectivity index (χ0v) is 18.1. The van der Waals surface area contributed by atoms with Gasteiger partial charge in [0, 0.05) is 31.1 Å². The fraction of sp³-hybridized carbons (Fsp3) is 0.192. The molecule has 1 aliphatic rings. The van der Waals surface area contributed by atoms with Crippen molar-refractivity contribution in [3.05, 3.63) is 96.7 Å². The molecule has 5 rings (SSSR count).